The summed E-state index contributed by atoms with van der Waals surface area (Å²) in [7, 11) is -2.74. The van der Waals surface area contributed by atoms with E-state index < -0.39 is 39.6 Å². The third kappa shape index (κ3) is 6.42. The van der Waals surface area contributed by atoms with E-state index in [9.17, 15) is 26.8 Å². The Morgan fingerprint density at radius 2 is 1.49 bits per heavy atom. The number of hydrogen-bond donors (Lipinski definition) is 2. The van der Waals surface area contributed by atoms with Crippen molar-refractivity contribution >= 4 is 27.6 Å². The highest BCUT2D eigenvalue weighted by Crippen LogP contribution is 2.20. The maximum absolute atomic E-state index is 13.8. The first-order valence-electron chi connectivity index (χ1n) is 10.6. The van der Waals surface area contributed by atoms with E-state index in [-0.39, 0.29) is 16.9 Å². The van der Waals surface area contributed by atoms with Crippen LogP contribution in [0.1, 0.15) is 16.7 Å². The van der Waals surface area contributed by atoms with Gasteiger partial charge in [0.1, 0.15) is 17.7 Å². The smallest absolute Gasteiger partial charge is 0.325 e. The minimum absolute atomic E-state index is 0.0951. The molecule has 0 aliphatic carbocycles. The number of nitrogens with one attached hydrogen (secondary N) is 2. The normalized spacial score (nSPS) is 12.0. The molecule has 0 saturated carbocycles. The molecule has 0 heterocycles. The molecule has 3 amide bonds. The predicted molar refractivity (Wildman–Crippen MR) is 128 cm³/mol. The van der Waals surface area contributed by atoms with Crippen molar-refractivity contribution in [3.63, 3.8) is 0 Å². The predicted octanol–water partition coefficient (Wildman–Crippen LogP) is 3.84. The number of hydrogen-bond acceptors (Lipinski definition) is 4. The van der Waals surface area contributed by atoms with Crippen molar-refractivity contribution in [2.45, 2.75) is 31.2 Å². The van der Waals surface area contributed by atoms with Crippen LogP contribution in [-0.4, -0.2) is 33.4 Å². The number of benzene rings is 3. The van der Waals surface area contributed by atoms with Gasteiger partial charge in [-0.05, 0) is 54.8 Å². The van der Waals surface area contributed by atoms with Crippen LogP contribution in [0.2, 0.25) is 0 Å². The van der Waals surface area contributed by atoms with Crippen LogP contribution in [0.3, 0.4) is 0 Å². The molecule has 0 aliphatic rings. The number of urea groups is 1. The molecule has 0 saturated heterocycles. The Bertz CT molecular complexity index is 1340. The van der Waals surface area contributed by atoms with Gasteiger partial charge >= 0.3 is 6.03 Å². The molecule has 3 aromatic carbocycles. The van der Waals surface area contributed by atoms with Crippen molar-refractivity contribution < 1.29 is 26.8 Å². The molecule has 35 heavy (non-hydrogen) atoms. The summed E-state index contributed by atoms with van der Waals surface area (Å²) in [6.07, 6.45) is -0.276. The van der Waals surface area contributed by atoms with Gasteiger partial charge in [0.2, 0.25) is 5.91 Å². The van der Waals surface area contributed by atoms with Crippen molar-refractivity contribution in [2.75, 3.05) is 11.9 Å². The van der Waals surface area contributed by atoms with Gasteiger partial charge in [-0.15, -0.1) is 0 Å². The fraction of sp³-hybridized carbons (Fsp3) is 0.200. The molecule has 10 heteroatoms. The van der Waals surface area contributed by atoms with Gasteiger partial charge in [-0.1, -0.05) is 36.4 Å². The molecule has 7 nitrogen and oxygen atoms in total. The van der Waals surface area contributed by atoms with Gasteiger partial charge in [-0.25, -0.2) is 26.7 Å². The minimum Gasteiger partial charge on any atom is -0.325 e. The summed E-state index contributed by atoms with van der Waals surface area (Å²) in [4.78, 5) is 27.2. The van der Waals surface area contributed by atoms with Crippen LogP contribution in [-0.2, 0) is 21.2 Å². The average Bonchev–Trinajstić information content (AvgIpc) is 2.77. The summed E-state index contributed by atoms with van der Waals surface area (Å²) in [5, 5.41) is 2.35. The number of sulfonamides is 1. The average molecular weight is 502 g/mol. The Labute approximate surface area is 202 Å². The van der Waals surface area contributed by atoms with E-state index in [0.29, 0.717) is 17.3 Å². The number of rotatable bonds is 7. The fourth-order valence-corrected chi connectivity index (χ4v) is 4.84. The van der Waals surface area contributed by atoms with Crippen LogP contribution >= 0.6 is 0 Å². The Morgan fingerprint density at radius 1 is 0.914 bits per heavy atom. The van der Waals surface area contributed by atoms with Gasteiger partial charge < -0.3 is 10.2 Å². The zero-order chi connectivity index (χ0) is 25.8. The van der Waals surface area contributed by atoms with Gasteiger partial charge in [0.15, 0.2) is 0 Å². The summed E-state index contributed by atoms with van der Waals surface area (Å²) in [6.45, 7) is 3.37. The van der Waals surface area contributed by atoms with Gasteiger partial charge in [0.05, 0.1) is 4.90 Å². The second-order valence-corrected chi connectivity index (χ2v) is 9.71. The van der Waals surface area contributed by atoms with Gasteiger partial charge in [0.25, 0.3) is 10.0 Å². The standard InChI is InChI=1S/C25H25F2N3O4S/c1-16-8-4-6-10-22(16)30(3)24(31)21(14-18-12-19(26)15-20(27)13-18)28-25(32)29-35(33,34)23-11-7-5-9-17(23)2/h4-13,15,21H,14H2,1-3H3,(H2,28,29,32)/t21-/m0/s1. The molecule has 0 unspecified atom stereocenters. The Morgan fingerprint density at radius 3 is 2.09 bits per heavy atom. The Hall–Kier alpha value is -3.79. The van der Waals surface area contributed by atoms with Crippen LogP contribution < -0.4 is 14.9 Å². The van der Waals surface area contributed by atoms with E-state index in [2.05, 4.69) is 5.32 Å². The number of anilines is 1. The lowest BCUT2D eigenvalue weighted by Crippen LogP contribution is -2.52. The third-order valence-corrected chi connectivity index (χ3v) is 6.87. The van der Waals surface area contributed by atoms with Gasteiger partial charge in [0, 0.05) is 25.2 Å². The molecule has 0 fully saturated rings. The van der Waals surface area contributed by atoms with Crippen LogP contribution in [0.5, 0.6) is 0 Å². The molecule has 0 aromatic heterocycles. The first-order chi connectivity index (χ1) is 16.5. The van der Waals surface area contributed by atoms with Crippen molar-refractivity contribution in [1.29, 1.82) is 0 Å². The molecule has 184 valence electrons. The number of halogens is 2. The molecular formula is C25H25F2N3O4S. The van der Waals surface area contributed by atoms with E-state index in [1.165, 1.54) is 24.1 Å². The summed E-state index contributed by atoms with van der Waals surface area (Å²) >= 11 is 0. The van der Waals surface area contributed by atoms with Crippen molar-refractivity contribution in [1.82, 2.24) is 10.0 Å². The Kier molecular flexibility index (Phi) is 7.85. The summed E-state index contributed by atoms with van der Waals surface area (Å²) < 4.78 is 54.8. The number of carbonyl (C=O) groups excluding carboxylic acids is 2. The van der Waals surface area contributed by atoms with Gasteiger partial charge in [-0.2, -0.15) is 0 Å². The highest BCUT2D eigenvalue weighted by Gasteiger charge is 2.28. The quantitative estimate of drug-likeness (QED) is 0.514. The second kappa shape index (κ2) is 10.6. The lowest BCUT2D eigenvalue weighted by Gasteiger charge is -2.26. The molecule has 3 rings (SSSR count). The molecule has 0 aliphatic heterocycles. The van der Waals surface area contributed by atoms with E-state index in [4.69, 9.17) is 0 Å². The topological polar surface area (TPSA) is 95.6 Å². The first kappa shape index (κ1) is 25.8. The largest absolute Gasteiger partial charge is 0.329 e. The minimum atomic E-state index is -4.23. The SMILES string of the molecule is Cc1ccccc1N(C)C(=O)[C@H](Cc1cc(F)cc(F)c1)NC(=O)NS(=O)(=O)c1ccccc1C. The number of amides is 3. The van der Waals surface area contributed by atoms with E-state index in [1.54, 1.807) is 50.2 Å². The molecule has 0 spiro atoms. The van der Waals surface area contributed by atoms with Crippen LogP contribution in [0.4, 0.5) is 19.3 Å². The van der Waals surface area contributed by atoms with Crippen LogP contribution in [0.25, 0.3) is 0 Å². The molecule has 1 atom stereocenters. The summed E-state index contributed by atoms with van der Waals surface area (Å²) in [6, 6.07) is 13.4. The molecule has 2 N–H and O–H groups in total. The Balaban J connectivity index is 1.88. The maximum Gasteiger partial charge on any atom is 0.329 e. The number of aryl methyl sites for hydroxylation is 2. The monoisotopic (exact) mass is 501 g/mol. The highest BCUT2D eigenvalue weighted by molar-refractivity contribution is 7.90. The zero-order valence-electron chi connectivity index (χ0n) is 19.4. The zero-order valence-corrected chi connectivity index (χ0v) is 20.2. The van der Waals surface area contributed by atoms with Crippen LogP contribution in [0.15, 0.2) is 71.6 Å². The number of para-hydroxylation sites is 1. The van der Waals surface area contributed by atoms with Crippen LogP contribution in [0, 0.1) is 25.5 Å². The number of nitrogens with zero attached hydrogens (tertiary/aromatic N) is 1. The fourth-order valence-electron chi connectivity index (χ4n) is 3.68. The van der Waals surface area contributed by atoms with Gasteiger partial charge in [-0.3, -0.25) is 4.79 Å². The first-order valence-corrected chi connectivity index (χ1v) is 12.1. The van der Waals surface area contributed by atoms with Crippen molar-refractivity contribution in [3.05, 3.63) is 95.1 Å². The second-order valence-electron chi connectivity index (χ2n) is 8.06. The summed E-state index contributed by atoms with van der Waals surface area (Å²) in [5.74, 6) is -2.29. The lowest BCUT2D eigenvalue weighted by molar-refractivity contribution is -0.120. The molecule has 0 radical (unpaired) electrons. The third-order valence-electron chi connectivity index (χ3n) is 5.38. The van der Waals surface area contributed by atoms with E-state index in [1.807, 2.05) is 4.72 Å². The number of carbonyl (C=O) groups is 2. The summed E-state index contributed by atoms with van der Waals surface area (Å²) in [5.41, 5.74) is 1.88. The molecular weight excluding hydrogens is 476 g/mol. The van der Waals surface area contributed by atoms with E-state index in [0.717, 1.165) is 17.7 Å². The highest BCUT2D eigenvalue weighted by atomic mass is 32.2. The number of likely N-dealkylation sites (N-methyl/N-ethyl adjacent to an activating group) is 1. The lowest BCUT2D eigenvalue weighted by atomic mass is 10.0. The molecule has 0 bridgehead atoms. The van der Waals surface area contributed by atoms with E-state index >= 15 is 0 Å². The molecule has 3 aromatic rings. The van der Waals surface area contributed by atoms with Crippen molar-refractivity contribution in [3.8, 4) is 0 Å². The maximum atomic E-state index is 13.8. The van der Waals surface area contributed by atoms with Crippen molar-refractivity contribution in [2.24, 2.45) is 0 Å².